The van der Waals surface area contributed by atoms with Crippen LogP contribution in [0.1, 0.15) is 20.3 Å². The van der Waals surface area contributed by atoms with Crippen molar-refractivity contribution >= 4 is 17.3 Å². The fourth-order valence-electron chi connectivity index (χ4n) is 1.98. The van der Waals surface area contributed by atoms with Crippen molar-refractivity contribution in [1.82, 2.24) is 4.90 Å². The van der Waals surface area contributed by atoms with E-state index in [0.717, 1.165) is 0 Å². The van der Waals surface area contributed by atoms with Gasteiger partial charge in [-0.15, -0.1) is 0 Å². The number of hydrogen-bond donors (Lipinski definition) is 1. The van der Waals surface area contributed by atoms with Gasteiger partial charge in [0.1, 0.15) is 11.4 Å². The van der Waals surface area contributed by atoms with Crippen molar-refractivity contribution in [1.29, 1.82) is 0 Å². The van der Waals surface area contributed by atoms with Crippen LogP contribution < -0.4 is 10.1 Å². The van der Waals surface area contributed by atoms with Crippen molar-refractivity contribution in [3.63, 3.8) is 0 Å². The lowest BCUT2D eigenvalue weighted by Gasteiger charge is -2.18. The normalized spacial score (nSPS) is 10.0. The Kier molecular flexibility index (Phi) is 6.45. The molecule has 0 aromatic heterocycles. The van der Waals surface area contributed by atoms with Crippen LogP contribution in [-0.2, 0) is 4.79 Å². The molecule has 0 saturated carbocycles. The zero-order valence-electron chi connectivity index (χ0n) is 12.6. The quantitative estimate of drug-likeness (QED) is 0.587. The summed E-state index contributed by atoms with van der Waals surface area (Å²) in [5.74, 6) is 0.552. The minimum atomic E-state index is -0.464. The number of nitro groups is 1. The van der Waals surface area contributed by atoms with Crippen LogP contribution in [0.5, 0.6) is 5.75 Å². The van der Waals surface area contributed by atoms with Gasteiger partial charge in [0.25, 0.3) is 5.69 Å². The number of amides is 1. The molecule has 1 aromatic rings. The highest BCUT2D eigenvalue weighted by Crippen LogP contribution is 2.28. The van der Waals surface area contributed by atoms with Gasteiger partial charge in [0.2, 0.25) is 5.91 Å². The van der Waals surface area contributed by atoms with E-state index in [2.05, 4.69) is 5.32 Å². The Balaban J connectivity index is 2.70. The summed E-state index contributed by atoms with van der Waals surface area (Å²) in [6.45, 7) is 5.50. The maximum atomic E-state index is 11.9. The van der Waals surface area contributed by atoms with E-state index in [1.54, 1.807) is 11.0 Å². The Bertz CT molecular complexity index is 501. The number of ether oxygens (including phenoxy) is 1. The number of rotatable bonds is 8. The molecule has 0 spiro atoms. The summed E-state index contributed by atoms with van der Waals surface area (Å²) >= 11 is 0. The van der Waals surface area contributed by atoms with Crippen LogP contribution in [0.15, 0.2) is 18.2 Å². The maximum absolute atomic E-state index is 11.9. The third-order valence-electron chi connectivity index (χ3n) is 3.17. The summed E-state index contributed by atoms with van der Waals surface area (Å²) in [7, 11) is 1.49. The first kappa shape index (κ1) is 16.7. The van der Waals surface area contributed by atoms with Crippen LogP contribution in [0.25, 0.3) is 0 Å². The lowest BCUT2D eigenvalue weighted by Crippen LogP contribution is -2.31. The van der Waals surface area contributed by atoms with E-state index in [4.69, 9.17) is 4.74 Å². The number of carbonyl (C=O) groups is 1. The second-order valence-electron chi connectivity index (χ2n) is 4.38. The van der Waals surface area contributed by atoms with Crippen molar-refractivity contribution < 1.29 is 14.5 Å². The van der Waals surface area contributed by atoms with Gasteiger partial charge in [-0.3, -0.25) is 14.9 Å². The molecule has 1 aromatic carbocycles. The molecule has 21 heavy (non-hydrogen) atoms. The van der Waals surface area contributed by atoms with Crippen LogP contribution >= 0.6 is 0 Å². The molecule has 0 heterocycles. The average Bonchev–Trinajstić information content (AvgIpc) is 2.48. The van der Waals surface area contributed by atoms with E-state index in [-0.39, 0.29) is 18.0 Å². The van der Waals surface area contributed by atoms with Crippen molar-refractivity contribution in [3.8, 4) is 5.75 Å². The van der Waals surface area contributed by atoms with Gasteiger partial charge in [0.15, 0.2) is 0 Å². The molecule has 0 radical (unpaired) electrons. The van der Waals surface area contributed by atoms with Gasteiger partial charge in [0.05, 0.1) is 12.0 Å². The SMILES string of the molecule is CCN(CC)C(=O)CCNc1cc(OC)ccc1[N+](=O)[O-]. The number of nitro benzene ring substituents is 1. The van der Waals surface area contributed by atoms with Gasteiger partial charge in [0, 0.05) is 38.2 Å². The average molecular weight is 295 g/mol. The molecule has 0 aliphatic heterocycles. The van der Waals surface area contributed by atoms with Gasteiger partial charge in [-0.1, -0.05) is 0 Å². The highest BCUT2D eigenvalue weighted by Gasteiger charge is 2.15. The predicted molar refractivity (Wildman–Crippen MR) is 80.7 cm³/mol. The van der Waals surface area contributed by atoms with E-state index in [0.29, 0.717) is 31.1 Å². The molecule has 7 nitrogen and oxygen atoms in total. The van der Waals surface area contributed by atoms with E-state index in [1.165, 1.54) is 19.2 Å². The first-order valence-electron chi connectivity index (χ1n) is 6.87. The Hall–Kier alpha value is -2.31. The Labute approximate surface area is 124 Å². The van der Waals surface area contributed by atoms with E-state index in [9.17, 15) is 14.9 Å². The van der Waals surface area contributed by atoms with Gasteiger partial charge in [-0.25, -0.2) is 0 Å². The van der Waals surface area contributed by atoms with E-state index < -0.39 is 4.92 Å². The Morgan fingerprint density at radius 3 is 2.57 bits per heavy atom. The van der Waals surface area contributed by atoms with Crippen molar-refractivity contribution in [2.75, 3.05) is 32.1 Å². The second-order valence-corrected chi connectivity index (χ2v) is 4.38. The largest absolute Gasteiger partial charge is 0.497 e. The summed E-state index contributed by atoms with van der Waals surface area (Å²) < 4.78 is 5.05. The standard InChI is InChI=1S/C14H21N3O4/c1-4-16(5-2)14(18)8-9-15-12-10-11(21-3)6-7-13(12)17(19)20/h6-7,10,15H,4-5,8-9H2,1-3H3. The van der Waals surface area contributed by atoms with Crippen LogP contribution in [-0.4, -0.2) is 42.5 Å². The molecule has 0 aliphatic rings. The smallest absolute Gasteiger partial charge is 0.292 e. The first-order valence-corrected chi connectivity index (χ1v) is 6.87. The molecule has 116 valence electrons. The van der Waals surface area contributed by atoms with Gasteiger partial charge >= 0.3 is 0 Å². The number of hydrogen-bond acceptors (Lipinski definition) is 5. The van der Waals surface area contributed by atoms with Crippen LogP contribution in [0.4, 0.5) is 11.4 Å². The summed E-state index contributed by atoms with van der Waals surface area (Å²) in [6, 6.07) is 4.47. The third-order valence-corrected chi connectivity index (χ3v) is 3.17. The lowest BCUT2D eigenvalue weighted by atomic mass is 10.2. The fraction of sp³-hybridized carbons (Fsp3) is 0.500. The van der Waals surface area contributed by atoms with Gasteiger partial charge in [-0.2, -0.15) is 0 Å². The maximum Gasteiger partial charge on any atom is 0.292 e. The second kappa shape index (κ2) is 8.08. The topological polar surface area (TPSA) is 84.7 Å². The number of benzene rings is 1. The summed E-state index contributed by atoms with van der Waals surface area (Å²) in [5, 5.41) is 13.9. The molecule has 1 amide bonds. The minimum Gasteiger partial charge on any atom is -0.497 e. The van der Waals surface area contributed by atoms with Crippen molar-refractivity contribution in [2.45, 2.75) is 20.3 Å². The van der Waals surface area contributed by atoms with Gasteiger partial charge in [-0.05, 0) is 19.9 Å². The predicted octanol–water partition coefficient (Wildman–Crippen LogP) is 2.27. The lowest BCUT2D eigenvalue weighted by molar-refractivity contribution is -0.384. The van der Waals surface area contributed by atoms with Crippen LogP contribution in [0, 0.1) is 10.1 Å². The fourth-order valence-corrected chi connectivity index (χ4v) is 1.98. The molecule has 0 aliphatic carbocycles. The first-order chi connectivity index (χ1) is 10.0. The zero-order valence-corrected chi connectivity index (χ0v) is 12.6. The summed E-state index contributed by atoms with van der Waals surface area (Å²) in [6.07, 6.45) is 0.288. The van der Waals surface area contributed by atoms with Crippen molar-refractivity contribution in [3.05, 3.63) is 28.3 Å². The summed E-state index contributed by atoms with van der Waals surface area (Å²) in [5.41, 5.74) is 0.317. The molecular weight excluding hydrogens is 274 g/mol. The molecular formula is C14H21N3O4. The highest BCUT2D eigenvalue weighted by atomic mass is 16.6. The number of anilines is 1. The monoisotopic (exact) mass is 295 g/mol. The molecule has 1 rings (SSSR count). The van der Waals surface area contributed by atoms with Gasteiger partial charge < -0.3 is 15.0 Å². The molecule has 7 heteroatoms. The number of carbonyl (C=O) groups excluding carboxylic acids is 1. The molecule has 0 fully saturated rings. The Morgan fingerprint density at radius 1 is 1.38 bits per heavy atom. The third kappa shape index (κ3) is 4.62. The van der Waals surface area contributed by atoms with E-state index >= 15 is 0 Å². The summed E-state index contributed by atoms with van der Waals surface area (Å²) in [4.78, 5) is 24.1. The zero-order chi connectivity index (χ0) is 15.8. The Morgan fingerprint density at radius 2 is 2.05 bits per heavy atom. The van der Waals surface area contributed by atoms with Crippen molar-refractivity contribution in [2.24, 2.45) is 0 Å². The number of nitrogens with one attached hydrogen (secondary N) is 1. The van der Waals surface area contributed by atoms with Crippen LogP contribution in [0.2, 0.25) is 0 Å². The van der Waals surface area contributed by atoms with E-state index in [1.807, 2.05) is 13.8 Å². The molecule has 0 unspecified atom stereocenters. The number of methoxy groups -OCH3 is 1. The minimum absolute atomic E-state index is 0.0260. The molecule has 0 atom stereocenters. The highest BCUT2D eigenvalue weighted by molar-refractivity contribution is 5.77. The molecule has 1 N–H and O–H groups in total. The molecule has 0 bridgehead atoms. The molecule has 0 saturated heterocycles. The van der Waals surface area contributed by atoms with Crippen LogP contribution in [0.3, 0.4) is 0 Å². The number of nitrogens with zero attached hydrogens (tertiary/aromatic N) is 2.